The van der Waals surface area contributed by atoms with E-state index in [2.05, 4.69) is 5.32 Å². The standard InChI is InChI=1S/C25H27F3N2O5/c1-14(2)10-19(24(32)33-3)29-23(25(26,27)28)15-4-6-17-18-12-16(30-8-9-34-13-22(30)31)5-7-20(18)35-21(17)11-15/h4-7,11-12,14,19,23,29H,8-10,13H2,1-3H3/t19-,23?/m0/s1. The predicted octanol–water partition coefficient (Wildman–Crippen LogP) is 4.73. The van der Waals surface area contributed by atoms with Crippen LogP contribution in [-0.2, 0) is 19.1 Å². The molecular formula is C25H27F3N2O5. The molecule has 188 valence electrons. The molecule has 1 N–H and O–H groups in total. The maximum atomic E-state index is 14.1. The molecule has 1 amide bonds. The summed E-state index contributed by atoms with van der Waals surface area (Å²) >= 11 is 0. The molecule has 3 aromatic rings. The van der Waals surface area contributed by atoms with E-state index in [0.29, 0.717) is 35.2 Å². The molecule has 35 heavy (non-hydrogen) atoms. The average Bonchev–Trinajstić information content (AvgIpc) is 3.17. The van der Waals surface area contributed by atoms with Crippen molar-refractivity contribution >= 4 is 39.5 Å². The Bertz CT molecular complexity index is 1240. The van der Waals surface area contributed by atoms with Gasteiger partial charge in [-0.1, -0.05) is 26.0 Å². The second kappa shape index (κ2) is 9.87. The lowest BCUT2D eigenvalue weighted by molar-refractivity contribution is -0.164. The summed E-state index contributed by atoms with van der Waals surface area (Å²) in [5.41, 5.74) is 1.36. The quantitative estimate of drug-likeness (QED) is 0.481. The molecule has 0 bridgehead atoms. The van der Waals surface area contributed by atoms with Crippen molar-refractivity contribution in [3.05, 3.63) is 42.0 Å². The molecule has 4 rings (SSSR count). The third-order valence-electron chi connectivity index (χ3n) is 6.00. The molecule has 2 aromatic carbocycles. The summed E-state index contributed by atoms with van der Waals surface area (Å²) in [6.07, 6.45) is -4.47. The molecule has 7 nitrogen and oxygen atoms in total. The molecule has 0 spiro atoms. The SMILES string of the molecule is COC(=O)[C@H](CC(C)C)NC(c1ccc2c(c1)oc1ccc(N3CCOCC3=O)cc12)C(F)(F)F. The highest BCUT2D eigenvalue weighted by Gasteiger charge is 2.43. The Hall–Kier alpha value is -3.11. The van der Waals surface area contributed by atoms with Crippen molar-refractivity contribution < 1.29 is 36.7 Å². The number of benzene rings is 2. The monoisotopic (exact) mass is 492 g/mol. The van der Waals surface area contributed by atoms with Crippen molar-refractivity contribution in [3.8, 4) is 0 Å². The molecule has 1 aliphatic rings. The maximum absolute atomic E-state index is 14.1. The first-order chi connectivity index (χ1) is 16.6. The van der Waals surface area contributed by atoms with Crippen LogP contribution < -0.4 is 10.2 Å². The first-order valence-corrected chi connectivity index (χ1v) is 11.3. The Labute approximate surface area is 200 Å². The Morgan fingerprint density at radius 3 is 2.57 bits per heavy atom. The maximum Gasteiger partial charge on any atom is 0.407 e. The number of nitrogens with zero attached hydrogens (tertiary/aromatic N) is 1. The molecule has 1 unspecified atom stereocenters. The van der Waals surface area contributed by atoms with E-state index in [1.54, 1.807) is 29.2 Å². The molecule has 0 saturated carbocycles. The molecule has 1 saturated heterocycles. The van der Waals surface area contributed by atoms with Crippen LogP contribution in [0.2, 0.25) is 0 Å². The van der Waals surface area contributed by atoms with Gasteiger partial charge in [-0.05, 0) is 42.2 Å². The minimum absolute atomic E-state index is 0.00272. The number of anilines is 1. The predicted molar refractivity (Wildman–Crippen MR) is 124 cm³/mol. The Kier molecular flexibility index (Phi) is 7.05. The number of amides is 1. The highest BCUT2D eigenvalue weighted by atomic mass is 19.4. The molecule has 0 aliphatic carbocycles. The van der Waals surface area contributed by atoms with Crippen LogP contribution in [-0.4, -0.2) is 51.0 Å². The normalized spacial score (nSPS) is 16.8. The van der Waals surface area contributed by atoms with Crippen molar-refractivity contribution in [1.29, 1.82) is 0 Å². The summed E-state index contributed by atoms with van der Waals surface area (Å²) < 4.78 is 58.0. The third kappa shape index (κ3) is 5.28. The minimum atomic E-state index is -4.66. The van der Waals surface area contributed by atoms with Gasteiger partial charge in [-0.3, -0.25) is 14.9 Å². The van der Waals surface area contributed by atoms with E-state index >= 15 is 0 Å². The summed E-state index contributed by atoms with van der Waals surface area (Å²) in [4.78, 5) is 26.0. The van der Waals surface area contributed by atoms with Crippen LogP contribution in [0.15, 0.2) is 40.8 Å². The van der Waals surface area contributed by atoms with Gasteiger partial charge >= 0.3 is 12.1 Å². The largest absolute Gasteiger partial charge is 0.468 e. The summed E-state index contributed by atoms with van der Waals surface area (Å²) in [5.74, 6) is -0.930. The van der Waals surface area contributed by atoms with E-state index in [1.807, 2.05) is 13.8 Å². The van der Waals surface area contributed by atoms with E-state index in [1.165, 1.54) is 12.1 Å². The number of morpholine rings is 1. The number of ether oxygens (including phenoxy) is 2. The second-order valence-corrected chi connectivity index (χ2v) is 8.98. The highest BCUT2D eigenvalue weighted by Crippen LogP contribution is 2.38. The van der Waals surface area contributed by atoms with Crippen LogP contribution >= 0.6 is 0 Å². The van der Waals surface area contributed by atoms with Crippen molar-refractivity contribution in [2.24, 2.45) is 5.92 Å². The second-order valence-electron chi connectivity index (χ2n) is 8.98. The Morgan fingerprint density at radius 2 is 1.91 bits per heavy atom. The van der Waals surface area contributed by atoms with Crippen molar-refractivity contribution in [1.82, 2.24) is 5.32 Å². The van der Waals surface area contributed by atoms with Gasteiger partial charge in [-0.2, -0.15) is 13.2 Å². The fourth-order valence-electron chi connectivity index (χ4n) is 4.35. The first-order valence-electron chi connectivity index (χ1n) is 11.3. The molecule has 1 aliphatic heterocycles. The molecule has 0 radical (unpaired) electrons. The van der Waals surface area contributed by atoms with Crippen LogP contribution in [0.25, 0.3) is 21.9 Å². The zero-order valence-corrected chi connectivity index (χ0v) is 19.6. The van der Waals surface area contributed by atoms with Crippen LogP contribution in [0.4, 0.5) is 18.9 Å². The third-order valence-corrected chi connectivity index (χ3v) is 6.00. The summed E-state index contributed by atoms with van der Waals surface area (Å²) in [6, 6.07) is 6.29. The van der Waals surface area contributed by atoms with E-state index in [0.717, 1.165) is 7.11 Å². The zero-order chi connectivity index (χ0) is 25.3. The fraction of sp³-hybridized carbons (Fsp3) is 0.440. The topological polar surface area (TPSA) is 81.0 Å². The van der Waals surface area contributed by atoms with Crippen molar-refractivity contribution in [2.45, 2.75) is 38.5 Å². The number of carbonyl (C=O) groups excluding carboxylic acids is 2. The van der Waals surface area contributed by atoms with Gasteiger partial charge < -0.3 is 18.8 Å². The van der Waals surface area contributed by atoms with Gasteiger partial charge in [0.15, 0.2) is 0 Å². The number of rotatable bonds is 7. The van der Waals surface area contributed by atoms with Gasteiger partial charge in [0.05, 0.1) is 13.7 Å². The molecule has 2 heterocycles. The van der Waals surface area contributed by atoms with E-state index < -0.39 is 24.2 Å². The zero-order valence-electron chi connectivity index (χ0n) is 19.6. The first kappa shape index (κ1) is 25.0. The molecular weight excluding hydrogens is 465 g/mol. The molecule has 10 heteroatoms. The average molecular weight is 492 g/mol. The molecule has 2 atom stereocenters. The van der Waals surface area contributed by atoms with Crippen molar-refractivity contribution in [3.63, 3.8) is 0 Å². The lowest BCUT2D eigenvalue weighted by Crippen LogP contribution is -2.45. The number of halogens is 3. The summed E-state index contributed by atoms with van der Waals surface area (Å²) in [5, 5.41) is 3.76. The van der Waals surface area contributed by atoms with Gasteiger partial charge in [-0.15, -0.1) is 0 Å². The number of hydrogen-bond donors (Lipinski definition) is 1. The van der Waals surface area contributed by atoms with Crippen LogP contribution in [0.5, 0.6) is 0 Å². The van der Waals surface area contributed by atoms with Crippen molar-refractivity contribution in [2.75, 3.05) is 31.8 Å². The number of nitrogens with one attached hydrogen (secondary N) is 1. The van der Waals surface area contributed by atoms with E-state index in [9.17, 15) is 22.8 Å². The minimum Gasteiger partial charge on any atom is -0.468 e. The number of fused-ring (bicyclic) bond motifs is 3. The molecule has 1 fully saturated rings. The number of esters is 1. The van der Waals surface area contributed by atoms with Gasteiger partial charge in [0.25, 0.3) is 5.91 Å². The van der Waals surface area contributed by atoms with E-state index in [4.69, 9.17) is 13.9 Å². The van der Waals surface area contributed by atoms with Crippen LogP contribution in [0.3, 0.4) is 0 Å². The number of hydrogen-bond acceptors (Lipinski definition) is 6. The van der Waals surface area contributed by atoms with Gasteiger partial charge in [0.2, 0.25) is 0 Å². The number of furan rings is 1. The van der Waals surface area contributed by atoms with Gasteiger partial charge in [-0.25, -0.2) is 0 Å². The number of methoxy groups -OCH3 is 1. The lowest BCUT2D eigenvalue weighted by atomic mass is 9.99. The number of carbonyl (C=O) groups is 2. The highest BCUT2D eigenvalue weighted by molar-refractivity contribution is 6.07. The van der Waals surface area contributed by atoms with Crippen LogP contribution in [0, 0.1) is 5.92 Å². The smallest absolute Gasteiger partial charge is 0.407 e. The lowest BCUT2D eigenvalue weighted by Gasteiger charge is -2.27. The fourth-order valence-corrected chi connectivity index (χ4v) is 4.35. The summed E-state index contributed by atoms with van der Waals surface area (Å²) in [7, 11) is 1.15. The number of alkyl halides is 3. The molecule has 1 aromatic heterocycles. The Balaban J connectivity index is 1.71. The van der Waals surface area contributed by atoms with E-state index in [-0.39, 0.29) is 36.0 Å². The van der Waals surface area contributed by atoms with Gasteiger partial charge in [0, 0.05) is 23.0 Å². The van der Waals surface area contributed by atoms with Gasteiger partial charge in [0.1, 0.15) is 29.9 Å². The van der Waals surface area contributed by atoms with Crippen LogP contribution in [0.1, 0.15) is 31.9 Å². The summed E-state index contributed by atoms with van der Waals surface area (Å²) in [6.45, 7) is 4.48. The Morgan fingerprint density at radius 1 is 1.14 bits per heavy atom.